The van der Waals surface area contributed by atoms with Crippen LogP contribution in [0.25, 0.3) is 11.5 Å². The van der Waals surface area contributed by atoms with Crippen molar-refractivity contribution in [1.29, 1.82) is 0 Å². The Bertz CT molecular complexity index is 1880. The number of methoxy groups -OCH3 is 2. The molecule has 2 aromatic carbocycles. The van der Waals surface area contributed by atoms with Gasteiger partial charge < -0.3 is 37.9 Å². The third-order valence-electron chi connectivity index (χ3n) is 9.63. The van der Waals surface area contributed by atoms with Gasteiger partial charge in [-0.3, -0.25) is 20.0 Å². The lowest BCUT2D eigenvalue weighted by molar-refractivity contribution is -0.137. The summed E-state index contributed by atoms with van der Waals surface area (Å²) in [7, 11) is 3.31. The summed E-state index contributed by atoms with van der Waals surface area (Å²) in [5.74, 6) is 4.78. The van der Waals surface area contributed by atoms with Gasteiger partial charge >= 0.3 is 18.4 Å². The van der Waals surface area contributed by atoms with E-state index in [0.717, 1.165) is 43.2 Å². The normalized spacial score (nSPS) is 15.2. The molecule has 20 heteroatoms. The van der Waals surface area contributed by atoms with Gasteiger partial charge in [-0.2, -0.15) is 13.2 Å². The zero-order valence-corrected chi connectivity index (χ0v) is 38.9. The van der Waals surface area contributed by atoms with Crippen LogP contribution in [0.15, 0.2) is 47.2 Å². The van der Waals surface area contributed by atoms with Gasteiger partial charge in [0.05, 0.1) is 24.3 Å². The highest BCUT2D eigenvalue weighted by atomic mass is 19.4. The molecule has 358 valence electrons. The van der Waals surface area contributed by atoms with Gasteiger partial charge in [-0.15, -0.1) is 10.2 Å². The molecule has 0 radical (unpaired) electrons. The minimum atomic E-state index is -4.53. The number of amides is 3. The number of nitrogens with two attached hydrogens (primary N) is 1. The van der Waals surface area contributed by atoms with Crippen molar-refractivity contribution in [2.24, 2.45) is 5.84 Å². The van der Waals surface area contributed by atoms with Crippen LogP contribution in [0.4, 0.5) is 22.8 Å². The summed E-state index contributed by atoms with van der Waals surface area (Å²) in [6.45, 7) is 22.9. The van der Waals surface area contributed by atoms with Crippen LogP contribution >= 0.6 is 0 Å². The maximum atomic E-state index is 13.3. The van der Waals surface area contributed by atoms with Crippen LogP contribution in [0.5, 0.6) is 0 Å². The minimum Gasteiger partial charge on any atom is -0.444 e. The smallest absolute Gasteiger partial charge is 0.417 e. The SMILES string of the molecule is CC(C)(C)OC(=O)N1CCN(Cc2ccc(C(F)(F)F)c(-c3nnco3)c2)CC1.CCOC(COC)COC.Cc1ccc(CN2CCN(C(=O)OC(C)(C)C)CC2)cc1C(=O)NN. The molecule has 2 aliphatic heterocycles. The number of hydrazine groups is 1. The summed E-state index contributed by atoms with van der Waals surface area (Å²) in [6, 6.07) is 9.73. The van der Waals surface area contributed by atoms with Gasteiger partial charge in [0.1, 0.15) is 17.3 Å². The molecular formula is C44H67F3N8O9. The first-order chi connectivity index (χ1) is 30.1. The predicted molar refractivity (Wildman–Crippen MR) is 233 cm³/mol. The Kier molecular flexibility index (Phi) is 20.9. The Balaban J connectivity index is 0.000000284. The van der Waals surface area contributed by atoms with Crippen LogP contribution < -0.4 is 11.3 Å². The van der Waals surface area contributed by atoms with E-state index in [4.69, 9.17) is 33.9 Å². The van der Waals surface area contributed by atoms with E-state index in [0.29, 0.717) is 76.8 Å². The molecule has 0 bridgehead atoms. The molecule has 3 N–H and O–H groups in total. The number of hydrogen-bond donors (Lipinski definition) is 2. The molecule has 1 aromatic heterocycles. The van der Waals surface area contributed by atoms with Crippen molar-refractivity contribution in [3.8, 4) is 11.5 Å². The van der Waals surface area contributed by atoms with E-state index in [1.54, 1.807) is 24.0 Å². The van der Waals surface area contributed by atoms with Crippen molar-refractivity contribution in [1.82, 2.24) is 35.2 Å². The van der Waals surface area contributed by atoms with Crippen molar-refractivity contribution in [2.75, 3.05) is 86.4 Å². The second kappa shape index (κ2) is 25.0. The number of benzene rings is 2. The number of hydrogen-bond acceptors (Lipinski definition) is 14. The van der Waals surface area contributed by atoms with Crippen molar-refractivity contribution in [3.05, 3.63) is 70.6 Å². The Labute approximate surface area is 374 Å². The number of halogens is 3. The second-order valence-corrected chi connectivity index (χ2v) is 17.2. The van der Waals surface area contributed by atoms with E-state index in [1.165, 1.54) is 12.1 Å². The first kappa shape index (κ1) is 53.5. The molecule has 2 saturated heterocycles. The lowest BCUT2D eigenvalue weighted by atomic mass is 10.0. The maximum Gasteiger partial charge on any atom is 0.417 e. The summed E-state index contributed by atoms with van der Waals surface area (Å²) in [5.41, 5.74) is 3.41. The fraction of sp³-hybridized carbons (Fsp3) is 0.614. The number of nitrogens with one attached hydrogen (secondary N) is 1. The Morgan fingerprint density at radius 3 is 1.67 bits per heavy atom. The topological polar surface area (TPSA) is 187 Å². The molecule has 64 heavy (non-hydrogen) atoms. The highest BCUT2D eigenvalue weighted by Gasteiger charge is 2.35. The standard InChI is InChI=1S/C19H23F3N4O3.C18H28N4O3.C7H16O3/c1-18(2,3)29-17(27)26-8-6-25(7-9-26)11-13-4-5-15(19(20,21)22)14(10-13)16-24-23-12-28-16;1-13-5-6-14(11-15(13)16(23)20-19)12-21-7-9-22(10-8-21)17(24)25-18(2,3)4;1-4-10-7(5-8-2)6-9-3/h4-5,10,12H,6-9,11H2,1-3H3;5-6,11H,7-10,12,19H2,1-4H3,(H,20,23);7H,4-6H2,1-3H3. The highest BCUT2D eigenvalue weighted by Crippen LogP contribution is 2.37. The number of ether oxygens (including phenoxy) is 5. The van der Waals surface area contributed by atoms with Crippen LogP contribution in [0.1, 0.15) is 81.1 Å². The van der Waals surface area contributed by atoms with Crippen molar-refractivity contribution >= 4 is 18.1 Å². The highest BCUT2D eigenvalue weighted by molar-refractivity contribution is 5.95. The van der Waals surface area contributed by atoms with Gasteiger partial charge in [0, 0.05) is 91.8 Å². The maximum absolute atomic E-state index is 13.3. The van der Waals surface area contributed by atoms with Crippen molar-refractivity contribution in [2.45, 2.75) is 92.0 Å². The fourth-order valence-electron chi connectivity index (χ4n) is 6.59. The Morgan fingerprint density at radius 2 is 1.27 bits per heavy atom. The molecule has 3 heterocycles. The van der Waals surface area contributed by atoms with Gasteiger partial charge in [-0.25, -0.2) is 15.4 Å². The van der Waals surface area contributed by atoms with Crippen LogP contribution in [-0.2, 0) is 43.0 Å². The molecule has 17 nitrogen and oxygen atoms in total. The van der Waals surface area contributed by atoms with E-state index in [2.05, 4.69) is 25.4 Å². The lowest BCUT2D eigenvalue weighted by Gasteiger charge is -2.35. The lowest BCUT2D eigenvalue weighted by Crippen LogP contribution is -2.49. The quantitative estimate of drug-likeness (QED) is 0.120. The fourth-order valence-corrected chi connectivity index (χ4v) is 6.59. The molecule has 0 atom stereocenters. The molecule has 2 aliphatic rings. The monoisotopic (exact) mass is 908 g/mol. The van der Waals surface area contributed by atoms with E-state index in [9.17, 15) is 27.6 Å². The molecule has 3 amide bonds. The van der Waals surface area contributed by atoms with Gasteiger partial charge in [0.2, 0.25) is 12.3 Å². The molecule has 0 spiro atoms. The average Bonchev–Trinajstić information content (AvgIpc) is 3.76. The number of piperazine rings is 2. The minimum absolute atomic E-state index is 0.0833. The van der Waals surface area contributed by atoms with E-state index >= 15 is 0 Å². The first-order valence-electron chi connectivity index (χ1n) is 21.1. The predicted octanol–water partition coefficient (Wildman–Crippen LogP) is 6.14. The number of nitrogen functional groups attached to an aromatic ring is 1. The molecule has 0 aliphatic carbocycles. The van der Waals surface area contributed by atoms with E-state index in [1.807, 2.05) is 73.6 Å². The largest absolute Gasteiger partial charge is 0.444 e. The zero-order valence-electron chi connectivity index (χ0n) is 38.9. The number of rotatable bonds is 12. The summed E-state index contributed by atoms with van der Waals surface area (Å²) < 4.78 is 70.8. The third-order valence-corrected chi connectivity index (χ3v) is 9.63. The second-order valence-electron chi connectivity index (χ2n) is 17.2. The number of alkyl halides is 3. The van der Waals surface area contributed by atoms with Crippen molar-refractivity contribution < 1.29 is 55.7 Å². The summed E-state index contributed by atoms with van der Waals surface area (Å²) in [5, 5.41) is 7.09. The summed E-state index contributed by atoms with van der Waals surface area (Å²) in [4.78, 5) is 43.7. The van der Waals surface area contributed by atoms with Gasteiger partial charge in [-0.05, 0) is 90.3 Å². The molecule has 0 saturated carbocycles. The number of aromatic nitrogens is 2. The Hall–Kier alpha value is -4.86. The molecular weight excluding hydrogens is 842 g/mol. The summed E-state index contributed by atoms with van der Waals surface area (Å²) >= 11 is 0. The zero-order chi connectivity index (χ0) is 47.7. The number of aryl methyl sites for hydroxylation is 1. The molecule has 0 unspecified atom stereocenters. The number of carbonyl (C=O) groups excluding carboxylic acids is 3. The Morgan fingerprint density at radius 1 is 0.781 bits per heavy atom. The third kappa shape index (κ3) is 18.3. The van der Waals surface area contributed by atoms with Crippen LogP contribution in [0.2, 0.25) is 0 Å². The van der Waals surface area contributed by atoms with Crippen LogP contribution in [0.3, 0.4) is 0 Å². The molecule has 3 aromatic rings. The van der Waals surface area contributed by atoms with Crippen molar-refractivity contribution in [3.63, 3.8) is 0 Å². The van der Waals surface area contributed by atoms with Gasteiger partial charge in [0.25, 0.3) is 5.91 Å². The first-order valence-corrected chi connectivity index (χ1v) is 21.1. The van der Waals surface area contributed by atoms with Gasteiger partial charge in [0.15, 0.2) is 0 Å². The van der Waals surface area contributed by atoms with Gasteiger partial charge in [-0.1, -0.05) is 18.2 Å². The molecule has 5 rings (SSSR count). The van der Waals surface area contributed by atoms with Crippen LogP contribution in [-0.4, -0.2) is 152 Å². The average molecular weight is 909 g/mol. The van der Waals surface area contributed by atoms with Crippen LogP contribution in [0, 0.1) is 6.92 Å². The van der Waals surface area contributed by atoms with E-state index in [-0.39, 0.29) is 35.7 Å². The summed E-state index contributed by atoms with van der Waals surface area (Å²) in [6.07, 6.45) is -4.06. The number of carbonyl (C=O) groups is 3. The molecule has 2 fully saturated rings. The number of nitrogens with zero attached hydrogens (tertiary/aromatic N) is 6. The van der Waals surface area contributed by atoms with E-state index < -0.39 is 22.9 Å².